The van der Waals surface area contributed by atoms with Gasteiger partial charge in [0.2, 0.25) is 0 Å². The molecule has 2 nitrogen and oxygen atoms in total. The largest absolute Gasteiger partial charge is 0.296 e. The van der Waals surface area contributed by atoms with Gasteiger partial charge in [-0.2, -0.15) is 4.40 Å². The van der Waals surface area contributed by atoms with Crippen molar-refractivity contribution in [3.63, 3.8) is 0 Å². The molecule has 0 saturated carbocycles. The SMILES string of the molecule is CCCCc1ccc2cc3c4c5c(ccc1c25)cn1c2ccccc2[n+](c41)C(C)(CC)C3(C)CC. The minimum absolute atomic E-state index is 0.0188. The van der Waals surface area contributed by atoms with Gasteiger partial charge >= 0.3 is 0 Å². The number of aromatic nitrogens is 2. The van der Waals surface area contributed by atoms with Crippen molar-refractivity contribution in [1.29, 1.82) is 0 Å². The van der Waals surface area contributed by atoms with Crippen LogP contribution in [0.25, 0.3) is 49.0 Å². The Kier molecular flexibility index (Phi) is 4.22. The Morgan fingerprint density at radius 1 is 0.829 bits per heavy atom. The molecule has 35 heavy (non-hydrogen) atoms. The molecule has 4 aromatic carbocycles. The first-order valence-corrected chi connectivity index (χ1v) is 13.6. The van der Waals surface area contributed by atoms with E-state index in [4.69, 9.17) is 0 Å². The van der Waals surface area contributed by atoms with E-state index in [2.05, 4.69) is 104 Å². The minimum Gasteiger partial charge on any atom is -0.216 e. The summed E-state index contributed by atoms with van der Waals surface area (Å²) in [7, 11) is 0. The Morgan fingerprint density at radius 3 is 2.40 bits per heavy atom. The number of nitrogens with zero attached hydrogens (tertiary/aromatic N) is 2. The molecule has 0 aliphatic carbocycles. The molecule has 1 aliphatic rings. The summed E-state index contributed by atoms with van der Waals surface area (Å²) in [5.74, 6) is 0. The van der Waals surface area contributed by atoms with Crippen molar-refractivity contribution in [1.82, 2.24) is 4.40 Å². The van der Waals surface area contributed by atoms with E-state index in [-0.39, 0.29) is 11.0 Å². The quantitative estimate of drug-likeness (QED) is 0.181. The van der Waals surface area contributed by atoms with E-state index in [1.165, 1.54) is 73.0 Å². The summed E-state index contributed by atoms with van der Waals surface area (Å²) >= 11 is 0. The third kappa shape index (κ3) is 2.34. The van der Waals surface area contributed by atoms with E-state index in [0.29, 0.717) is 0 Å². The van der Waals surface area contributed by atoms with E-state index >= 15 is 0 Å². The number of imidazole rings is 1. The van der Waals surface area contributed by atoms with Crippen molar-refractivity contribution in [3.05, 3.63) is 71.9 Å². The van der Waals surface area contributed by atoms with Crippen LogP contribution in [0.2, 0.25) is 0 Å². The number of hydrogen-bond acceptors (Lipinski definition) is 0. The number of pyridine rings is 1. The monoisotopic (exact) mass is 459 g/mol. The average molecular weight is 460 g/mol. The molecule has 2 aromatic heterocycles. The Morgan fingerprint density at radius 2 is 1.63 bits per heavy atom. The van der Waals surface area contributed by atoms with Crippen molar-refractivity contribution in [3.8, 4) is 0 Å². The Labute approximate surface area is 207 Å². The van der Waals surface area contributed by atoms with E-state index in [0.717, 1.165) is 19.3 Å². The van der Waals surface area contributed by atoms with E-state index in [1.54, 1.807) is 0 Å². The summed E-state index contributed by atoms with van der Waals surface area (Å²) in [6.45, 7) is 12.1. The van der Waals surface area contributed by atoms with Crippen LogP contribution in [0.3, 0.4) is 0 Å². The van der Waals surface area contributed by atoms with Crippen LogP contribution in [-0.2, 0) is 17.4 Å². The van der Waals surface area contributed by atoms with Crippen molar-refractivity contribution in [2.24, 2.45) is 0 Å². The predicted octanol–water partition coefficient (Wildman–Crippen LogP) is 8.43. The van der Waals surface area contributed by atoms with Crippen LogP contribution < -0.4 is 4.57 Å². The fourth-order valence-corrected chi connectivity index (χ4v) is 7.51. The molecule has 0 bridgehead atoms. The molecular weight excluding hydrogens is 424 g/mol. The molecule has 2 heteroatoms. The van der Waals surface area contributed by atoms with Crippen molar-refractivity contribution < 1.29 is 4.57 Å². The molecule has 1 aliphatic heterocycles. The van der Waals surface area contributed by atoms with Crippen LogP contribution in [-0.4, -0.2) is 4.40 Å². The highest BCUT2D eigenvalue weighted by atomic mass is 15.2. The van der Waals surface area contributed by atoms with Gasteiger partial charge in [0.1, 0.15) is 11.7 Å². The summed E-state index contributed by atoms with van der Waals surface area (Å²) in [5, 5.41) is 8.61. The smallest absolute Gasteiger partial charge is 0.216 e. The number of unbranched alkanes of at least 4 members (excludes halogenated alkanes) is 1. The van der Waals surface area contributed by atoms with Crippen LogP contribution in [0, 0.1) is 0 Å². The van der Waals surface area contributed by atoms with Crippen molar-refractivity contribution >= 4 is 49.0 Å². The Bertz CT molecular complexity index is 1790. The number of benzene rings is 4. The van der Waals surface area contributed by atoms with Crippen LogP contribution in [0.15, 0.2) is 60.8 Å². The molecule has 7 rings (SSSR count). The molecule has 0 radical (unpaired) electrons. The van der Waals surface area contributed by atoms with E-state index < -0.39 is 0 Å². The standard InChI is InChI=1S/C33H35N2/c1-6-9-12-21-15-16-22-19-25-30-29-23(17-18-24(21)28(22)29)20-34-26-13-10-11-14-27(26)35(31(30)34)33(5,8-3)32(25,4)7-2/h10-11,13-20H,6-9,12H2,1-5H3/q+1. The zero-order valence-electron chi connectivity index (χ0n) is 21.7. The van der Waals surface area contributed by atoms with Gasteiger partial charge in [0, 0.05) is 16.2 Å². The third-order valence-corrected chi connectivity index (χ3v) is 9.94. The third-order valence-electron chi connectivity index (χ3n) is 9.94. The maximum Gasteiger partial charge on any atom is 0.296 e. The number of para-hydroxylation sites is 2. The summed E-state index contributed by atoms with van der Waals surface area (Å²) in [5.41, 5.74) is 7.07. The second kappa shape index (κ2) is 6.97. The van der Waals surface area contributed by atoms with Gasteiger partial charge < -0.3 is 0 Å². The van der Waals surface area contributed by atoms with Crippen molar-refractivity contribution in [2.75, 3.05) is 0 Å². The first-order chi connectivity index (χ1) is 17.0. The zero-order valence-corrected chi connectivity index (χ0v) is 21.7. The Hall–Kier alpha value is -3.13. The minimum atomic E-state index is -0.0188. The molecule has 6 aromatic rings. The predicted molar refractivity (Wildman–Crippen MR) is 149 cm³/mol. The lowest BCUT2D eigenvalue weighted by Crippen LogP contribution is -2.66. The summed E-state index contributed by atoms with van der Waals surface area (Å²) < 4.78 is 5.20. The number of rotatable bonds is 5. The van der Waals surface area contributed by atoms with Crippen LogP contribution in [0.5, 0.6) is 0 Å². The fraction of sp³-hybridized carbons (Fsp3) is 0.364. The maximum absolute atomic E-state index is 2.71. The van der Waals surface area contributed by atoms with Crippen LogP contribution >= 0.6 is 0 Å². The van der Waals surface area contributed by atoms with Gasteiger partial charge in [0.05, 0.1) is 5.39 Å². The first-order valence-electron chi connectivity index (χ1n) is 13.6. The highest BCUT2D eigenvalue weighted by Gasteiger charge is 2.55. The summed E-state index contributed by atoms with van der Waals surface area (Å²) in [4.78, 5) is 0. The van der Waals surface area contributed by atoms with Gasteiger partial charge in [-0.3, -0.25) is 0 Å². The first kappa shape index (κ1) is 21.2. The molecular formula is C33H35N2+. The number of hydrogen-bond donors (Lipinski definition) is 0. The van der Waals surface area contributed by atoms with Gasteiger partial charge in [-0.15, -0.1) is 0 Å². The molecule has 2 unspecified atom stereocenters. The van der Waals surface area contributed by atoms with Gasteiger partial charge in [-0.25, -0.2) is 4.57 Å². The molecule has 0 saturated heterocycles. The summed E-state index contributed by atoms with van der Waals surface area (Å²) in [6.07, 6.45) is 8.23. The van der Waals surface area contributed by atoms with Crippen LogP contribution in [0.1, 0.15) is 71.4 Å². The lowest BCUT2D eigenvalue weighted by atomic mass is 9.61. The maximum atomic E-state index is 2.71. The topological polar surface area (TPSA) is 8.29 Å². The fourth-order valence-electron chi connectivity index (χ4n) is 7.51. The summed E-state index contributed by atoms with van der Waals surface area (Å²) in [6, 6.07) is 21.1. The van der Waals surface area contributed by atoms with Gasteiger partial charge in [0.25, 0.3) is 5.65 Å². The number of fused-ring (bicyclic) bond motifs is 3. The highest BCUT2D eigenvalue weighted by molar-refractivity contribution is 6.27. The zero-order chi connectivity index (χ0) is 24.1. The molecule has 176 valence electrons. The van der Waals surface area contributed by atoms with Gasteiger partial charge in [-0.05, 0) is 78.1 Å². The molecule has 2 atom stereocenters. The van der Waals surface area contributed by atoms with Crippen molar-refractivity contribution in [2.45, 2.75) is 77.7 Å². The number of aryl methyl sites for hydroxylation is 1. The van der Waals surface area contributed by atoms with E-state index in [1.807, 2.05) is 0 Å². The van der Waals surface area contributed by atoms with E-state index in [9.17, 15) is 0 Å². The molecule has 0 fully saturated rings. The molecule has 0 N–H and O–H groups in total. The molecule has 0 spiro atoms. The lowest BCUT2D eigenvalue weighted by molar-refractivity contribution is -0.728. The lowest BCUT2D eigenvalue weighted by Gasteiger charge is -2.47. The highest BCUT2D eigenvalue weighted by Crippen LogP contribution is 2.52. The average Bonchev–Trinajstić information content (AvgIpc) is 3.23. The Balaban J connectivity index is 1.80. The van der Waals surface area contributed by atoms with Gasteiger partial charge in [0.15, 0.2) is 11.0 Å². The normalized spacial score (nSPS) is 22.1. The molecule has 0 amide bonds. The second-order valence-corrected chi connectivity index (χ2v) is 11.3. The van der Waals surface area contributed by atoms with Gasteiger partial charge in [-0.1, -0.05) is 70.5 Å². The van der Waals surface area contributed by atoms with Crippen LogP contribution in [0.4, 0.5) is 0 Å². The molecule has 3 heterocycles. The second-order valence-electron chi connectivity index (χ2n) is 11.3.